The summed E-state index contributed by atoms with van der Waals surface area (Å²) in [5.74, 6) is -3.04. The van der Waals surface area contributed by atoms with E-state index in [1.54, 1.807) is 17.9 Å². The summed E-state index contributed by atoms with van der Waals surface area (Å²) in [6.07, 6.45) is 4.31. The molecular weight excluding hydrogens is 670 g/mol. The van der Waals surface area contributed by atoms with Gasteiger partial charge in [-0.2, -0.15) is 0 Å². The van der Waals surface area contributed by atoms with E-state index in [9.17, 15) is 14.4 Å². The van der Waals surface area contributed by atoms with Crippen LogP contribution < -0.4 is 16.4 Å². The van der Waals surface area contributed by atoms with E-state index >= 15 is 8.78 Å². The molecule has 2 saturated heterocycles. The van der Waals surface area contributed by atoms with Crippen LogP contribution in [0.25, 0.3) is 16.8 Å². The summed E-state index contributed by atoms with van der Waals surface area (Å²) in [7, 11) is 3.04. The van der Waals surface area contributed by atoms with Crippen molar-refractivity contribution in [3.8, 4) is 11.3 Å². The zero-order valence-electron chi connectivity index (χ0n) is 28.3. The summed E-state index contributed by atoms with van der Waals surface area (Å²) >= 11 is 6.51. The molecule has 2 aliphatic heterocycles. The number of aromatic nitrogens is 2. The van der Waals surface area contributed by atoms with Crippen LogP contribution in [0.4, 0.5) is 14.5 Å². The molecule has 266 valence electrons. The number of piperidine rings is 1. The van der Waals surface area contributed by atoms with Gasteiger partial charge in [0.2, 0.25) is 5.91 Å². The number of piperazine rings is 1. The number of hydrogen-bond acceptors (Lipinski definition) is 8. The van der Waals surface area contributed by atoms with E-state index in [-0.39, 0.29) is 62.2 Å². The lowest BCUT2D eigenvalue weighted by molar-refractivity contribution is -0.137. The molecule has 2 aliphatic rings. The van der Waals surface area contributed by atoms with E-state index in [0.29, 0.717) is 45.0 Å². The number of allylic oxidation sites excluding steroid dienone is 2. The number of aliphatic imine (C=N–C) groups is 1. The summed E-state index contributed by atoms with van der Waals surface area (Å²) in [6.45, 7) is 5.64. The average molecular weight is 711 g/mol. The molecule has 12 nitrogen and oxygen atoms in total. The van der Waals surface area contributed by atoms with Gasteiger partial charge in [0.1, 0.15) is 0 Å². The number of rotatable bonds is 10. The molecule has 3 heterocycles. The first kappa shape index (κ1) is 36.6. The second-order valence-electron chi connectivity index (χ2n) is 12.2. The van der Waals surface area contributed by atoms with Gasteiger partial charge in [-0.25, -0.2) is 13.8 Å². The Morgan fingerprint density at radius 2 is 1.76 bits per heavy atom. The Morgan fingerprint density at radius 3 is 2.42 bits per heavy atom. The molecule has 0 aliphatic carbocycles. The highest BCUT2D eigenvalue weighted by Gasteiger charge is 2.31. The minimum absolute atomic E-state index is 0.0261. The number of benzene rings is 2. The van der Waals surface area contributed by atoms with E-state index < -0.39 is 17.5 Å². The number of carbonyl (C=O) groups excluding carboxylic acids is 3. The lowest BCUT2D eigenvalue weighted by Gasteiger charge is -2.37. The normalized spacial score (nSPS) is 16.1. The number of nitrogens with zero attached hydrogens (tertiary/aromatic N) is 5. The molecule has 2 aromatic carbocycles. The number of nitrogens with two attached hydrogens (primary N) is 1. The largest absolute Gasteiger partial charge is 0.402 e. The zero-order chi connectivity index (χ0) is 35.9. The Labute approximate surface area is 294 Å². The third kappa shape index (κ3) is 8.03. The summed E-state index contributed by atoms with van der Waals surface area (Å²) in [5, 5.41) is 6.11. The fourth-order valence-corrected chi connectivity index (χ4v) is 6.35. The van der Waals surface area contributed by atoms with Gasteiger partial charge in [0.05, 0.1) is 35.6 Å². The Kier molecular flexibility index (Phi) is 12.0. The molecule has 0 radical (unpaired) electrons. The first-order valence-corrected chi connectivity index (χ1v) is 16.7. The van der Waals surface area contributed by atoms with Gasteiger partial charge in [0.25, 0.3) is 11.8 Å². The number of amides is 3. The van der Waals surface area contributed by atoms with Crippen LogP contribution in [0.1, 0.15) is 46.3 Å². The van der Waals surface area contributed by atoms with Crippen LogP contribution in [-0.2, 0) is 16.6 Å². The maximum atomic E-state index is 15.5. The van der Waals surface area contributed by atoms with E-state index in [2.05, 4.69) is 20.6 Å². The third-order valence-electron chi connectivity index (χ3n) is 8.93. The predicted molar refractivity (Wildman–Crippen MR) is 188 cm³/mol. The fraction of sp³-hybridized carbons (Fsp3) is 0.400. The molecule has 1 aromatic heterocycles. The minimum Gasteiger partial charge on any atom is -0.402 e. The van der Waals surface area contributed by atoms with E-state index in [1.165, 1.54) is 55.4 Å². The molecular formula is C35H41ClF2N8O4. The second-order valence-corrected chi connectivity index (χ2v) is 12.6. The van der Waals surface area contributed by atoms with Crippen LogP contribution in [-0.4, -0.2) is 103 Å². The van der Waals surface area contributed by atoms with Crippen molar-refractivity contribution in [3.05, 3.63) is 75.8 Å². The number of anilines is 1. The highest BCUT2D eigenvalue weighted by Crippen LogP contribution is 2.30. The van der Waals surface area contributed by atoms with Crippen molar-refractivity contribution in [2.24, 2.45) is 23.7 Å². The van der Waals surface area contributed by atoms with Crippen molar-refractivity contribution in [1.29, 1.82) is 0 Å². The number of halogens is 3. The van der Waals surface area contributed by atoms with E-state index in [0.717, 1.165) is 25.9 Å². The van der Waals surface area contributed by atoms with Gasteiger partial charge in [0.15, 0.2) is 17.5 Å². The number of nitrogens with one attached hydrogen (secondary N) is 2. The molecule has 2 fully saturated rings. The molecule has 3 amide bonds. The SMILES string of the molecule is COCCN=C/C(=C(/C)N)c1ccc(-c2cnc(C(=O)Nc3ccc(C(=O)N4CCN(C(=O)C5CCNCC5)CC4)c(Cl)c3)n2C)c(F)c1F. The number of hydrogen-bond donors (Lipinski definition) is 3. The Balaban J connectivity index is 1.24. The fourth-order valence-electron chi connectivity index (χ4n) is 6.09. The maximum absolute atomic E-state index is 15.5. The van der Waals surface area contributed by atoms with Crippen LogP contribution in [0, 0.1) is 17.6 Å². The number of ether oxygens (including phenoxy) is 1. The highest BCUT2D eigenvalue weighted by molar-refractivity contribution is 6.34. The lowest BCUT2D eigenvalue weighted by atomic mass is 9.96. The van der Waals surface area contributed by atoms with Crippen molar-refractivity contribution in [3.63, 3.8) is 0 Å². The number of methoxy groups -OCH3 is 1. The third-order valence-corrected chi connectivity index (χ3v) is 9.25. The summed E-state index contributed by atoms with van der Waals surface area (Å²) in [6, 6.07) is 7.33. The molecule has 50 heavy (non-hydrogen) atoms. The topological polar surface area (TPSA) is 147 Å². The Bertz CT molecular complexity index is 1810. The highest BCUT2D eigenvalue weighted by atomic mass is 35.5. The molecule has 15 heteroatoms. The average Bonchev–Trinajstić information content (AvgIpc) is 3.50. The van der Waals surface area contributed by atoms with Crippen LogP contribution in [0.5, 0.6) is 0 Å². The number of carbonyl (C=O) groups is 3. The summed E-state index contributed by atoms with van der Waals surface area (Å²) in [4.78, 5) is 51.2. The summed E-state index contributed by atoms with van der Waals surface area (Å²) < 4.78 is 37.1. The molecule has 5 rings (SSSR count). The lowest BCUT2D eigenvalue weighted by Crippen LogP contribution is -2.52. The number of imidazole rings is 1. The van der Waals surface area contributed by atoms with E-state index in [1.807, 2.05) is 4.90 Å². The van der Waals surface area contributed by atoms with Crippen LogP contribution in [0.2, 0.25) is 5.02 Å². The minimum atomic E-state index is -1.14. The van der Waals surface area contributed by atoms with Gasteiger partial charge in [0, 0.05) is 80.6 Å². The Morgan fingerprint density at radius 1 is 1.08 bits per heavy atom. The quantitative estimate of drug-likeness (QED) is 0.213. The summed E-state index contributed by atoms with van der Waals surface area (Å²) in [5.41, 5.74) is 7.02. The maximum Gasteiger partial charge on any atom is 0.291 e. The first-order chi connectivity index (χ1) is 24.0. The van der Waals surface area contributed by atoms with Gasteiger partial charge in [-0.15, -0.1) is 0 Å². The standard InChI is InChI=1S/C35H41ClF2N8O4/c1-21(39)27(19-41-12-17-50-3)24-6-7-26(31(38)30(24)37)29-20-42-32(44(29)2)33(47)43-23-4-5-25(28(36)18-23)35(49)46-15-13-45(14-16-46)34(48)22-8-10-40-11-9-22/h4-7,18-20,22,40H,8-17,39H2,1-3H3,(H,43,47)/b27-21+,41-19?. The molecule has 0 saturated carbocycles. The molecule has 3 aromatic rings. The van der Waals surface area contributed by atoms with Crippen LogP contribution in [0.3, 0.4) is 0 Å². The predicted octanol–water partition coefficient (Wildman–Crippen LogP) is 3.96. The molecule has 0 unspecified atom stereocenters. The van der Waals surface area contributed by atoms with Crippen LogP contribution >= 0.6 is 11.6 Å². The van der Waals surface area contributed by atoms with E-state index in [4.69, 9.17) is 22.1 Å². The van der Waals surface area contributed by atoms with Crippen molar-refractivity contribution in [2.45, 2.75) is 19.8 Å². The first-order valence-electron chi connectivity index (χ1n) is 16.4. The smallest absolute Gasteiger partial charge is 0.291 e. The van der Waals surface area contributed by atoms with Gasteiger partial charge in [-0.1, -0.05) is 17.7 Å². The molecule has 4 N–H and O–H groups in total. The van der Waals surface area contributed by atoms with Crippen molar-refractivity contribution < 1.29 is 27.9 Å². The van der Waals surface area contributed by atoms with Gasteiger partial charge >= 0.3 is 0 Å². The van der Waals surface area contributed by atoms with Gasteiger partial charge in [-0.3, -0.25) is 19.4 Å². The monoisotopic (exact) mass is 710 g/mol. The zero-order valence-corrected chi connectivity index (χ0v) is 29.0. The van der Waals surface area contributed by atoms with Gasteiger partial charge in [-0.05, 0) is 57.1 Å². The Hall–Kier alpha value is -4.66. The van der Waals surface area contributed by atoms with Crippen molar-refractivity contribution in [1.82, 2.24) is 24.7 Å². The van der Waals surface area contributed by atoms with Crippen LogP contribution in [0.15, 0.2) is 47.2 Å². The molecule has 0 spiro atoms. The van der Waals surface area contributed by atoms with Gasteiger partial charge < -0.3 is 35.5 Å². The molecule has 0 atom stereocenters. The van der Waals surface area contributed by atoms with Crippen molar-refractivity contribution >= 4 is 46.8 Å². The second kappa shape index (κ2) is 16.4. The molecule has 0 bridgehead atoms. The van der Waals surface area contributed by atoms with Crippen molar-refractivity contribution in [2.75, 3.05) is 64.8 Å².